The number of hydrogen-bond donors (Lipinski definition) is 1. The third kappa shape index (κ3) is 2.50. The van der Waals surface area contributed by atoms with Crippen LogP contribution in [0.5, 0.6) is 0 Å². The first-order valence-corrected chi connectivity index (χ1v) is 5.64. The number of nitrogen functional groups attached to an aromatic ring is 1. The molecule has 1 heterocycles. The monoisotopic (exact) mass is 225 g/mol. The van der Waals surface area contributed by atoms with Crippen LogP contribution in [0, 0.1) is 0 Å². The van der Waals surface area contributed by atoms with E-state index in [-0.39, 0.29) is 0 Å². The summed E-state index contributed by atoms with van der Waals surface area (Å²) in [6.45, 7) is 2.12. The third-order valence-electron chi connectivity index (χ3n) is 2.60. The van der Waals surface area contributed by atoms with Gasteiger partial charge in [-0.05, 0) is 12.0 Å². The molecule has 3 heteroatoms. The lowest BCUT2D eigenvalue weighted by Gasteiger charge is -2.11. The highest BCUT2D eigenvalue weighted by molar-refractivity contribution is 5.82. The van der Waals surface area contributed by atoms with Gasteiger partial charge in [-0.1, -0.05) is 43.4 Å². The van der Waals surface area contributed by atoms with E-state index in [2.05, 4.69) is 23.0 Å². The van der Waals surface area contributed by atoms with Gasteiger partial charge >= 0.3 is 0 Å². The van der Waals surface area contributed by atoms with Gasteiger partial charge in [0.05, 0.1) is 0 Å². The second-order valence-corrected chi connectivity index (χ2v) is 3.69. The Hall–Kier alpha value is -2.16. The highest BCUT2D eigenvalue weighted by Gasteiger charge is 2.11. The van der Waals surface area contributed by atoms with Crippen LogP contribution in [0.2, 0.25) is 0 Å². The second-order valence-electron chi connectivity index (χ2n) is 3.69. The van der Waals surface area contributed by atoms with Crippen molar-refractivity contribution in [3.8, 4) is 0 Å². The largest absolute Gasteiger partial charge is 0.382 e. The first-order valence-electron chi connectivity index (χ1n) is 5.64. The first kappa shape index (κ1) is 11.3. The number of aromatic nitrogens is 2. The molecular formula is C14H15N3. The van der Waals surface area contributed by atoms with Crippen LogP contribution in [0.25, 0.3) is 5.57 Å². The zero-order chi connectivity index (χ0) is 12.1. The number of hydrogen-bond acceptors (Lipinski definition) is 3. The molecule has 1 aliphatic carbocycles. The van der Waals surface area contributed by atoms with E-state index in [1.807, 2.05) is 30.4 Å². The lowest BCUT2D eigenvalue weighted by atomic mass is 9.98. The fraction of sp³-hybridized carbons (Fsp3) is 0.143. The Kier molecular flexibility index (Phi) is 3.50. The summed E-state index contributed by atoms with van der Waals surface area (Å²) in [5.74, 6) is 0.469. The van der Waals surface area contributed by atoms with Crippen molar-refractivity contribution in [2.24, 2.45) is 0 Å². The van der Waals surface area contributed by atoms with E-state index in [1.165, 1.54) is 5.57 Å². The highest BCUT2D eigenvalue weighted by atomic mass is 14.9. The van der Waals surface area contributed by atoms with Crippen molar-refractivity contribution >= 4 is 11.4 Å². The Morgan fingerprint density at radius 3 is 2.41 bits per heavy atom. The summed E-state index contributed by atoms with van der Waals surface area (Å²) in [7, 11) is 0. The van der Waals surface area contributed by atoms with E-state index in [9.17, 15) is 0 Å². The molecule has 0 atom stereocenters. The molecule has 0 radical (unpaired) electrons. The van der Waals surface area contributed by atoms with Crippen molar-refractivity contribution in [3.05, 3.63) is 60.1 Å². The number of nitrogens with two attached hydrogens (primary N) is 1. The van der Waals surface area contributed by atoms with Gasteiger partial charge in [-0.25, -0.2) is 4.98 Å². The Labute approximate surface area is 101 Å². The summed E-state index contributed by atoms with van der Waals surface area (Å²) in [4.78, 5) is 8.40. The molecule has 0 aromatic carbocycles. The lowest BCUT2D eigenvalue weighted by molar-refractivity contribution is 1.12. The maximum atomic E-state index is 5.87. The van der Waals surface area contributed by atoms with Gasteiger partial charge in [-0.3, -0.25) is 4.98 Å². The van der Waals surface area contributed by atoms with E-state index in [1.54, 1.807) is 12.4 Å². The predicted molar refractivity (Wildman–Crippen MR) is 71.1 cm³/mol. The quantitative estimate of drug-likeness (QED) is 0.842. The summed E-state index contributed by atoms with van der Waals surface area (Å²) in [6, 6.07) is 0. The second kappa shape index (κ2) is 5.25. The van der Waals surface area contributed by atoms with Crippen molar-refractivity contribution < 1.29 is 0 Å². The molecule has 1 aromatic heterocycles. The summed E-state index contributed by atoms with van der Waals surface area (Å²) >= 11 is 0. The van der Waals surface area contributed by atoms with Crippen LogP contribution < -0.4 is 5.73 Å². The maximum Gasteiger partial charge on any atom is 0.149 e. The molecule has 0 unspecified atom stereocenters. The van der Waals surface area contributed by atoms with Crippen LogP contribution in [0.3, 0.4) is 0 Å². The van der Waals surface area contributed by atoms with Crippen molar-refractivity contribution in [1.29, 1.82) is 0 Å². The Morgan fingerprint density at radius 2 is 1.71 bits per heavy atom. The molecule has 3 nitrogen and oxygen atoms in total. The van der Waals surface area contributed by atoms with Gasteiger partial charge in [0.2, 0.25) is 0 Å². The smallest absolute Gasteiger partial charge is 0.149 e. The number of allylic oxidation sites excluding steroid dienone is 8. The van der Waals surface area contributed by atoms with Gasteiger partial charge in [-0.15, -0.1) is 0 Å². The maximum absolute atomic E-state index is 5.87. The van der Waals surface area contributed by atoms with Crippen LogP contribution in [0.4, 0.5) is 5.82 Å². The normalized spacial score (nSPS) is 18.6. The fourth-order valence-electron chi connectivity index (χ4n) is 1.74. The number of anilines is 1. The van der Waals surface area contributed by atoms with Gasteiger partial charge in [0.25, 0.3) is 0 Å². The Bertz CT molecular complexity index is 522. The zero-order valence-corrected chi connectivity index (χ0v) is 9.80. The van der Waals surface area contributed by atoms with E-state index < -0.39 is 0 Å². The van der Waals surface area contributed by atoms with Gasteiger partial charge in [0, 0.05) is 18.0 Å². The molecule has 2 rings (SSSR count). The minimum absolute atomic E-state index is 0.469. The average Bonchev–Trinajstić information content (AvgIpc) is 2.31. The lowest BCUT2D eigenvalue weighted by Crippen LogP contribution is -2.01. The molecule has 17 heavy (non-hydrogen) atoms. The van der Waals surface area contributed by atoms with E-state index >= 15 is 0 Å². The van der Waals surface area contributed by atoms with Gasteiger partial charge in [-0.2, -0.15) is 0 Å². The molecule has 1 aromatic rings. The van der Waals surface area contributed by atoms with Crippen LogP contribution in [-0.4, -0.2) is 9.97 Å². The van der Waals surface area contributed by atoms with Crippen molar-refractivity contribution in [2.45, 2.75) is 13.3 Å². The van der Waals surface area contributed by atoms with Crippen molar-refractivity contribution in [3.63, 3.8) is 0 Å². The topological polar surface area (TPSA) is 51.8 Å². The van der Waals surface area contributed by atoms with Crippen LogP contribution in [0.1, 0.15) is 19.0 Å². The molecular weight excluding hydrogens is 210 g/mol. The zero-order valence-electron chi connectivity index (χ0n) is 9.80. The van der Waals surface area contributed by atoms with E-state index in [0.29, 0.717) is 5.82 Å². The molecule has 0 aliphatic heterocycles. The van der Waals surface area contributed by atoms with Gasteiger partial charge in [0.15, 0.2) is 0 Å². The van der Waals surface area contributed by atoms with Gasteiger partial charge < -0.3 is 5.73 Å². The fourth-order valence-corrected chi connectivity index (χ4v) is 1.74. The minimum Gasteiger partial charge on any atom is -0.382 e. The minimum atomic E-state index is 0.469. The molecule has 1 aliphatic rings. The molecule has 0 fully saturated rings. The van der Waals surface area contributed by atoms with Crippen molar-refractivity contribution in [2.75, 3.05) is 5.73 Å². The number of rotatable bonds is 2. The highest BCUT2D eigenvalue weighted by Crippen LogP contribution is 2.27. The van der Waals surface area contributed by atoms with Crippen LogP contribution in [-0.2, 0) is 0 Å². The molecule has 0 saturated heterocycles. The molecule has 86 valence electrons. The summed E-state index contributed by atoms with van der Waals surface area (Å²) in [5, 5.41) is 0. The van der Waals surface area contributed by atoms with Crippen molar-refractivity contribution in [1.82, 2.24) is 9.97 Å². The Balaban J connectivity index is 2.51. The molecule has 0 spiro atoms. The number of nitrogens with zero attached hydrogens (tertiary/aromatic N) is 2. The van der Waals surface area contributed by atoms with Crippen LogP contribution in [0.15, 0.2) is 54.4 Å². The average molecular weight is 225 g/mol. The molecule has 0 saturated carbocycles. The summed E-state index contributed by atoms with van der Waals surface area (Å²) < 4.78 is 0. The van der Waals surface area contributed by atoms with Gasteiger partial charge in [0.1, 0.15) is 11.5 Å². The SMILES string of the molecule is CCC1=C/C=C\C=C/C=C1c1nccnc1N. The predicted octanol–water partition coefficient (Wildman–Crippen LogP) is 2.90. The standard InChI is InChI=1S/C14H15N3/c1-2-11-7-5-3-4-6-8-12(11)13-14(15)17-10-9-16-13/h3-10H,2H2,1H3,(H2,15,17)/b4-3?,5-3-,6-4-,7-5?,8-6?,11-7?,12-8?,12-11?. The van der Waals surface area contributed by atoms with Crippen LogP contribution >= 0.6 is 0 Å². The van der Waals surface area contributed by atoms with E-state index in [0.717, 1.165) is 17.7 Å². The summed E-state index contributed by atoms with van der Waals surface area (Å²) in [6.07, 6.45) is 16.3. The third-order valence-corrected chi connectivity index (χ3v) is 2.60. The van der Waals surface area contributed by atoms with E-state index in [4.69, 9.17) is 5.73 Å². The first-order chi connectivity index (χ1) is 8.33. The molecule has 2 N–H and O–H groups in total. The molecule has 0 amide bonds. The molecule has 0 bridgehead atoms. The Morgan fingerprint density at radius 1 is 1.00 bits per heavy atom. The summed E-state index contributed by atoms with van der Waals surface area (Å²) in [5.41, 5.74) is 8.87.